The number of carbonyl (C=O) groups is 2. The highest BCUT2D eigenvalue weighted by molar-refractivity contribution is 6.31. The molecule has 0 atom stereocenters. The molecule has 0 aliphatic carbocycles. The number of hydrogen-bond donors (Lipinski definition) is 2. The number of nitro groups is 1. The molecule has 160 valence electrons. The number of carbonyl (C=O) groups excluding carboxylic acids is 1. The number of carboxylic acids is 1. The number of rotatable bonds is 8. The predicted octanol–water partition coefficient (Wildman–Crippen LogP) is 4.27. The zero-order chi connectivity index (χ0) is 22.5. The van der Waals surface area contributed by atoms with Gasteiger partial charge in [-0.2, -0.15) is 5.10 Å². The summed E-state index contributed by atoms with van der Waals surface area (Å²) in [6.45, 7) is 1.83. The predicted molar refractivity (Wildman–Crippen MR) is 112 cm³/mol. The second-order valence-electron chi connectivity index (χ2n) is 6.53. The van der Waals surface area contributed by atoms with Gasteiger partial charge in [-0.05, 0) is 36.8 Å². The number of hydrogen-bond acceptors (Lipinski definition) is 6. The lowest BCUT2D eigenvalue weighted by molar-refractivity contribution is -0.384. The van der Waals surface area contributed by atoms with Gasteiger partial charge in [0.05, 0.1) is 23.2 Å². The molecule has 0 saturated heterocycles. The van der Waals surface area contributed by atoms with E-state index in [2.05, 4.69) is 10.4 Å². The normalized spacial score (nSPS) is 10.5. The first-order valence-corrected chi connectivity index (χ1v) is 9.39. The van der Waals surface area contributed by atoms with Crippen molar-refractivity contribution in [3.8, 4) is 11.5 Å². The summed E-state index contributed by atoms with van der Waals surface area (Å²) in [7, 11) is 0. The highest BCUT2D eigenvalue weighted by Gasteiger charge is 2.15. The van der Waals surface area contributed by atoms with Crippen molar-refractivity contribution in [1.29, 1.82) is 0 Å². The molecule has 0 saturated carbocycles. The van der Waals surface area contributed by atoms with Crippen LogP contribution in [0.4, 0.5) is 11.4 Å². The van der Waals surface area contributed by atoms with E-state index in [1.807, 2.05) is 0 Å². The Kier molecular flexibility index (Phi) is 6.51. The van der Waals surface area contributed by atoms with Gasteiger partial charge >= 0.3 is 5.97 Å². The Hall–Kier alpha value is -3.92. The minimum Gasteiger partial charge on any atom is -0.477 e. The van der Waals surface area contributed by atoms with Gasteiger partial charge in [0, 0.05) is 29.8 Å². The van der Waals surface area contributed by atoms with Gasteiger partial charge in [-0.1, -0.05) is 11.6 Å². The number of nitrogens with one attached hydrogen (secondary N) is 1. The van der Waals surface area contributed by atoms with E-state index in [1.165, 1.54) is 35.1 Å². The molecular formula is C20H17ClN4O6. The van der Waals surface area contributed by atoms with Gasteiger partial charge in [0.25, 0.3) is 5.69 Å². The van der Waals surface area contributed by atoms with Crippen molar-refractivity contribution in [3.63, 3.8) is 0 Å². The number of amides is 1. The van der Waals surface area contributed by atoms with Gasteiger partial charge in [0.1, 0.15) is 17.2 Å². The number of nitrogens with zero attached hydrogens (tertiary/aromatic N) is 3. The minimum atomic E-state index is -1.16. The zero-order valence-electron chi connectivity index (χ0n) is 16.2. The Morgan fingerprint density at radius 2 is 2.00 bits per heavy atom. The maximum Gasteiger partial charge on any atom is 0.354 e. The molecule has 1 amide bonds. The maximum absolute atomic E-state index is 12.3. The monoisotopic (exact) mass is 444 g/mol. The fourth-order valence-electron chi connectivity index (χ4n) is 2.76. The van der Waals surface area contributed by atoms with Crippen LogP contribution >= 0.6 is 11.6 Å². The van der Waals surface area contributed by atoms with E-state index in [0.29, 0.717) is 10.8 Å². The van der Waals surface area contributed by atoms with Crippen LogP contribution < -0.4 is 10.1 Å². The number of carboxylic acid groups (broad SMARTS) is 1. The summed E-state index contributed by atoms with van der Waals surface area (Å²) in [6, 6.07) is 10.2. The number of aryl methyl sites for hydroxylation is 2. The Morgan fingerprint density at radius 1 is 1.23 bits per heavy atom. The number of nitro benzene ring substituents is 1. The van der Waals surface area contributed by atoms with E-state index in [4.69, 9.17) is 21.4 Å². The first kappa shape index (κ1) is 21.8. The quantitative estimate of drug-likeness (QED) is 0.391. The van der Waals surface area contributed by atoms with Crippen LogP contribution in [0, 0.1) is 17.0 Å². The number of non-ortho nitro benzene ring substituents is 1. The van der Waals surface area contributed by atoms with Crippen LogP contribution in [0.2, 0.25) is 5.02 Å². The van der Waals surface area contributed by atoms with Crippen molar-refractivity contribution in [1.82, 2.24) is 9.78 Å². The topological polar surface area (TPSA) is 137 Å². The summed E-state index contributed by atoms with van der Waals surface area (Å²) >= 11 is 6.00. The molecule has 0 bridgehead atoms. The van der Waals surface area contributed by atoms with Crippen molar-refractivity contribution in [2.45, 2.75) is 19.9 Å². The van der Waals surface area contributed by atoms with E-state index in [0.717, 1.165) is 5.56 Å². The molecule has 1 aromatic heterocycles. The fraction of sp³-hybridized carbons (Fsp3) is 0.150. The van der Waals surface area contributed by atoms with Gasteiger partial charge in [-0.3, -0.25) is 19.6 Å². The maximum atomic E-state index is 12.3. The van der Waals surface area contributed by atoms with Crippen LogP contribution in [-0.4, -0.2) is 31.7 Å². The van der Waals surface area contributed by atoms with E-state index in [1.54, 1.807) is 25.1 Å². The third-order valence-electron chi connectivity index (χ3n) is 4.24. The van der Waals surface area contributed by atoms with Gasteiger partial charge in [0.15, 0.2) is 0 Å². The highest BCUT2D eigenvalue weighted by atomic mass is 35.5. The van der Waals surface area contributed by atoms with E-state index >= 15 is 0 Å². The van der Waals surface area contributed by atoms with Crippen molar-refractivity contribution < 1.29 is 24.4 Å². The first-order chi connectivity index (χ1) is 14.7. The highest BCUT2D eigenvalue weighted by Crippen LogP contribution is 2.31. The number of aromatic carboxylic acids is 1. The third-order valence-corrected chi connectivity index (χ3v) is 4.66. The lowest BCUT2D eigenvalue weighted by Gasteiger charge is -2.11. The van der Waals surface area contributed by atoms with Crippen molar-refractivity contribution in [2.75, 3.05) is 5.32 Å². The van der Waals surface area contributed by atoms with E-state index in [-0.39, 0.29) is 35.8 Å². The summed E-state index contributed by atoms with van der Waals surface area (Å²) in [5, 5.41) is 27.3. The molecular weight excluding hydrogens is 428 g/mol. The lowest BCUT2D eigenvalue weighted by atomic mass is 10.2. The Morgan fingerprint density at radius 3 is 2.68 bits per heavy atom. The van der Waals surface area contributed by atoms with Crippen LogP contribution in [0.15, 0.2) is 48.7 Å². The summed E-state index contributed by atoms with van der Waals surface area (Å²) in [4.78, 5) is 34.1. The van der Waals surface area contributed by atoms with Crippen LogP contribution in [0.25, 0.3) is 0 Å². The number of aromatic nitrogens is 2. The van der Waals surface area contributed by atoms with Crippen molar-refractivity contribution in [3.05, 3.63) is 75.1 Å². The van der Waals surface area contributed by atoms with Crippen molar-refractivity contribution >= 4 is 34.9 Å². The first-order valence-electron chi connectivity index (χ1n) is 9.01. The zero-order valence-corrected chi connectivity index (χ0v) is 17.0. The smallest absolute Gasteiger partial charge is 0.354 e. The molecule has 0 radical (unpaired) electrons. The largest absolute Gasteiger partial charge is 0.477 e. The summed E-state index contributed by atoms with van der Waals surface area (Å²) in [6.07, 6.45) is 1.24. The third kappa shape index (κ3) is 5.58. The Bertz CT molecular complexity index is 1160. The molecule has 11 heteroatoms. The minimum absolute atomic E-state index is 0.0306. The van der Waals surface area contributed by atoms with Crippen LogP contribution in [0.5, 0.6) is 11.5 Å². The number of ether oxygens (including phenoxy) is 1. The van der Waals surface area contributed by atoms with Crippen LogP contribution in [0.1, 0.15) is 22.5 Å². The van der Waals surface area contributed by atoms with Gasteiger partial charge in [-0.25, -0.2) is 4.79 Å². The lowest BCUT2D eigenvalue weighted by Crippen LogP contribution is -2.17. The van der Waals surface area contributed by atoms with E-state index < -0.39 is 16.8 Å². The second-order valence-corrected chi connectivity index (χ2v) is 6.94. The second kappa shape index (κ2) is 9.26. The molecule has 0 unspecified atom stereocenters. The molecule has 2 N–H and O–H groups in total. The van der Waals surface area contributed by atoms with Gasteiger partial charge in [0.2, 0.25) is 5.91 Å². The molecule has 1 heterocycles. The van der Waals surface area contributed by atoms with Crippen molar-refractivity contribution in [2.24, 2.45) is 0 Å². The molecule has 0 spiro atoms. The SMILES string of the molecule is Cc1cc(Oc2cc(NC(=O)CCn3nccc3C(=O)O)cc([N+](=O)[O-])c2)ccc1Cl. The number of benzene rings is 2. The number of anilines is 1. The molecule has 3 aromatic rings. The molecule has 0 aliphatic heterocycles. The standard InChI is InChI=1S/C20H17ClN4O6/c1-12-8-15(2-3-17(12)21)31-16-10-13(9-14(11-16)25(29)30)23-19(26)5-7-24-18(20(27)28)4-6-22-24/h2-4,6,8-11H,5,7H2,1H3,(H,23,26)(H,27,28). The molecule has 2 aromatic carbocycles. The molecule has 0 fully saturated rings. The van der Waals surface area contributed by atoms with Crippen LogP contribution in [0.3, 0.4) is 0 Å². The Labute approximate surface area is 181 Å². The fourth-order valence-corrected chi connectivity index (χ4v) is 2.88. The summed E-state index contributed by atoms with van der Waals surface area (Å²) in [5.41, 5.74) is 0.632. The molecule has 0 aliphatic rings. The average molecular weight is 445 g/mol. The average Bonchev–Trinajstić information content (AvgIpc) is 3.18. The van der Waals surface area contributed by atoms with Gasteiger partial charge in [-0.15, -0.1) is 0 Å². The van der Waals surface area contributed by atoms with Gasteiger partial charge < -0.3 is 15.2 Å². The number of halogens is 1. The Balaban J connectivity index is 1.74. The molecule has 10 nitrogen and oxygen atoms in total. The molecule has 3 rings (SSSR count). The molecule has 31 heavy (non-hydrogen) atoms. The van der Waals surface area contributed by atoms with E-state index in [9.17, 15) is 19.7 Å². The van der Waals surface area contributed by atoms with Crippen LogP contribution in [-0.2, 0) is 11.3 Å². The summed E-state index contributed by atoms with van der Waals surface area (Å²) < 4.78 is 6.88. The summed E-state index contributed by atoms with van der Waals surface area (Å²) in [5.74, 6) is -1.04.